The second-order valence-corrected chi connectivity index (χ2v) is 10.2. The van der Waals surface area contributed by atoms with Crippen molar-refractivity contribution in [3.05, 3.63) is 69.3 Å². The van der Waals surface area contributed by atoms with Crippen molar-refractivity contribution in [3.63, 3.8) is 0 Å². The van der Waals surface area contributed by atoms with Gasteiger partial charge in [0.15, 0.2) is 16.9 Å². The number of ether oxygens (including phenoxy) is 3. The summed E-state index contributed by atoms with van der Waals surface area (Å²) < 4.78 is 37.5. The zero-order valence-electron chi connectivity index (χ0n) is 23.2. The largest absolute Gasteiger partial charge is 0.490 e. The molecule has 1 aromatic heterocycles. The molecule has 2 aliphatic rings. The number of halogens is 1. The fraction of sp³-hybridized carbons (Fsp3) is 0.484. The van der Waals surface area contributed by atoms with E-state index in [9.17, 15) is 14.0 Å². The van der Waals surface area contributed by atoms with Crippen molar-refractivity contribution in [2.24, 2.45) is 0 Å². The third-order valence-corrected chi connectivity index (χ3v) is 7.49. The number of fused-ring (bicyclic) bond motifs is 2. The summed E-state index contributed by atoms with van der Waals surface area (Å²) in [6, 6.07) is 8.65. The normalized spacial score (nSPS) is 17.4. The van der Waals surface area contributed by atoms with Crippen LogP contribution in [0.3, 0.4) is 0 Å². The Labute approximate surface area is 233 Å². The lowest BCUT2D eigenvalue weighted by molar-refractivity contribution is 0.0353. The van der Waals surface area contributed by atoms with E-state index in [2.05, 4.69) is 11.8 Å². The molecule has 9 heteroatoms. The number of carbonyl (C=O) groups excluding carboxylic acids is 1. The van der Waals surface area contributed by atoms with Crippen LogP contribution in [0.2, 0.25) is 0 Å². The zero-order valence-corrected chi connectivity index (χ0v) is 23.2. The molecule has 0 N–H and O–H groups in total. The molecule has 0 unspecified atom stereocenters. The third-order valence-electron chi connectivity index (χ3n) is 7.49. The molecule has 0 saturated carbocycles. The van der Waals surface area contributed by atoms with Crippen molar-refractivity contribution in [3.8, 4) is 11.5 Å². The maximum Gasteiger partial charge on any atom is 0.290 e. The predicted octanol–water partition coefficient (Wildman–Crippen LogP) is 5.17. The van der Waals surface area contributed by atoms with Crippen molar-refractivity contribution in [2.75, 3.05) is 52.6 Å². The molecule has 1 fully saturated rings. The van der Waals surface area contributed by atoms with E-state index in [1.165, 1.54) is 18.2 Å². The molecule has 2 aromatic carbocycles. The highest BCUT2D eigenvalue weighted by atomic mass is 19.1. The Kier molecular flexibility index (Phi) is 9.01. The number of rotatable bonds is 12. The van der Waals surface area contributed by atoms with Crippen LogP contribution in [-0.4, -0.2) is 68.3 Å². The molecule has 5 rings (SSSR count). The molecule has 2 aliphatic heterocycles. The first-order valence-electron chi connectivity index (χ1n) is 14.3. The minimum atomic E-state index is -0.690. The quantitative estimate of drug-likeness (QED) is 0.287. The van der Waals surface area contributed by atoms with Gasteiger partial charge in [0.25, 0.3) is 5.91 Å². The number of amides is 1. The molecule has 0 aliphatic carbocycles. The zero-order chi connectivity index (χ0) is 28.1. The average molecular weight is 553 g/mol. The summed E-state index contributed by atoms with van der Waals surface area (Å²) in [6.07, 6.45) is 3.83. The van der Waals surface area contributed by atoms with Crippen molar-refractivity contribution < 1.29 is 27.8 Å². The first-order chi connectivity index (χ1) is 19.5. The fourth-order valence-corrected chi connectivity index (χ4v) is 5.48. The van der Waals surface area contributed by atoms with Gasteiger partial charge in [0.1, 0.15) is 11.4 Å². The van der Waals surface area contributed by atoms with Crippen molar-refractivity contribution in [2.45, 2.75) is 45.6 Å². The molecule has 40 heavy (non-hydrogen) atoms. The predicted molar refractivity (Wildman–Crippen MR) is 150 cm³/mol. The number of hydrogen-bond donors (Lipinski definition) is 0. The second kappa shape index (κ2) is 12.8. The first-order valence-corrected chi connectivity index (χ1v) is 14.3. The molecule has 1 atom stereocenters. The lowest BCUT2D eigenvalue weighted by Crippen LogP contribution is -2.38. The maximum absolute atomic E-state index is 14.1. The molecular formula is C31H37FN2O6. The molecule has 0 radical (unpaired) electrons. The van der Waals surface area contributed by atoms with E-state index in [1.54, 1.807) is 4.90 Å². The standard InChI is InChI=1S/C31H37FN2O6/c1-3-5-6-16-39-25-10-8-21(19-26(25)38-4-2)28-27-29(35)23-20-22(32)9-11-24(23)40-30(27)31(36)34(28)13-7-12-33-14-17-37-18-15-33/h8-11,19-20,28H,3-7,12-18H2,1-2H3/t28-/m1/s1. The van der Waals surface area contributed by atoms with Gasteiger partial charge >= 0.3 is 0 Å². The molecule has 0 spiro atoms. The van der Waals surface area contributed by atoms with Crippen molar-refractivity contribution in [1.82, 2.24) is 9.80 Å². The van der Waals surface area contributed by atoms with Crippen LogP contribution >= 0.6 is 0 Å². The number of unbranched alkanes of at least 4 members (excludes halogenated alkanes) is 2. The monoisotopic (exact) mass is 552 g/mol. The van der Waals surface area contributed by atoms with E-state index in [0.717, 1.165) is 45.3 Å². The van der Waals surface area contributed by atoms with Gasteiger partial charge in [0.05, 0.1) is 43.4 Å². The number of carbonyl (C=O) groups is 1. The summed E-state index contributed by atoms with van der Waals surface area (Å²) in [5, 5.41) is 0.118. The summed E-state index contributed by atoms with van der Waals surface area (Å²) >= 11 is 0. The van der Waals surface area contributed by atoms with Gasteiger partial charge in [-0.25, -0.2) is 4.39 Å². The SMILES string of the molecule is CCCCCOc1ccc([C@@H]2c3c(oc4ccc(F)cc4c3=O)C(=O)N2CCCN2CCOCC2)cc1OCC. The topological polar surface area (TPSA) is 81.5 Å². The van der Waals surface area contributed by atoms with E-state index in [4.69, 9.17) is 18.6 Å². The van der Waals surface area contributed by atoms with Gasteiger partial charge < -0.3 is 23.5 Å². The Bertz CT molecular complexity index is 1400. The third kappa shape index (κ3) is 5.86. The summed E-state index contributed by atoms with van der Waals surface area (Å²) in [7, 11) is 0. The molecule has 1 amide bonds. The summed E-state index contributed by atoms with van der Waals surface area (Å²) in [5.74, 6) is 0.312. The highest BCUT2D eigenvalue weighted by Gasteiger charge is 2.42. The van der Waals surface area contributed by atoms with Crippen molar-refractivity contribution >= 4 is 16.9 Å². The second-order valence-electron chi connectivity index (χ2n) is 10.2. The Balaban J connectivity index is 1.52. The average Bonchev–Trinajstić information content (AvgIpc) is 3.24. The van der Waals surface area contributed by atoms with E-state index >= 15 is 0 Å². The molecule has 214 valence electrons. The molecule has 3 heterocycles. The van der Waals surface area contributed by atoms with Crippen LogP contribution in [0.15, 0.2) is 45.6 Å². The highest BCUT2D eigenvalue weighted by Crippen LogP contribution is 2.41. The van der Waals surface area contributed by atoms with Crippen LogP contribution in [0.5, 0.6) is 11.5 Å². The molecule has 8 nitrogen and oxygen atoms in total. The van der Waals surface area contributed by atoms with Crippen molar-refractivity contribution in [1.29, 1.82) is 0 Å². The van der Waals surface area contributed by atoms with Gasteiger partial charge in [0, 0.05) is 26.2 Å². The highest BCUT2D eigenvalue weighted by molar-refractivity contribution is 5.99. The van der Waals surface area contributed by atoms with Crippen LogP contribution < -0.4 is 14.9 Å². The van der Waals surface area contributed by atoms with Gasteiger partial charge in [-0.1, -0.05) is 25.8 Å². The lowest BCUT2D eigenvalue weighted by atomic mass is 9.98. The maximum atomic E-state index is 14.1. The minimum Gasteiger partial charge on any atom is -0.490 e. The van der Waals surface area contributed by atoms with Crippen LogP contribution in [0.1, 0.15) is 67.3 Å². The number of hydrogen-bond acceptors (Lipinski definition) is 7. The van der Waals surface area contributed by atoms with E-state index in [1.807, 2.05) is 25.1 Å². The van der Waals surface area contributed by atoms with Gasteiger partial charge in [-0.3, -0.25) is 14.5 Å². The molecular weight excluding hydrogens is 515 g/mol. The van der Waals surface area contributed by atoms with Crippen LogP contribution in [-0.2, 0) is 4.74 Å². The van der Waals surface area contributed by atoms with E-state index in [-0.39, 0.29) is 28.2 Å². The summed E-state index contributed by atoms with van der Waals surface area (Å²) in [5.41, 5.74) is 0.736. The van der Waals surface area contributed by atoms with E-state index < -0.39 is 17.3 Å². The Morgan fingerprint density at radius 3 is 2.55 bits per heavy atom. The smallest absolute Gasteiger partial charge is 0.290 e. The number of morpholine rings is 1. The summed E-state index contributed by atoms with van der Waals surface area (Å²) in [4.78, 5) is 31.5. The Morgan fingerprint density at radius 1 is 0.950 bits per heavy atom. The van der Waals surface area contributed by atoms with Gasteiger partial charge in [-0.2, -0.15) is 0 Å². The van der Waals surface area contributed by atoms with Gasteiger partial charge in [-0.15, -0.1) is 0 Å². The Morgan fingerprint density at radius 2 is 1.77 bits per heavy atom. The van der Waals surface area contributed by atoms with E-state index in [0.29, 0.717) is 50.0 Å². The van der Waals surface area contributed by atoms with Gasteiger partial charge in [0.2, 0.25) is 5.76 Å². The van der Waals surface area contributed by atoms with Gasteiger partial charge in [-0.05, 0) is 55.7 Å². The lowest BCUT2D eigenvalue weighted by Gasteiger charge is -2.29. The Hall–Kier alpha value is -3.43. The first kappa shape index (κ1) is 28.1. The molecule has 1 saturated heterocycles. The minimum absolute atomic E-state index is 0.0123. The molecule has 0 bridgehead atoms. The number of benzene rings is 2. The summed E-state index contributed by atoms with van der Waals surface area (Å²) in [6.45, 7) is 9.39. The fourth-order valence-electron chi connectivity index (χ4n) is 5.48. The molecule has 3 aromatic rings. The number of nitrogens with zero attached hydrogens (tertiary/aromatic N) is 2. The van der Waals surface area contributed by atoms with Crippen LogP contribution in [0.4, 0.5) is 4.39 Å². The van der Waals surface area contributed by atoms with Crippen LogP contribution in [0.25, 0.3) is 11.0 Å². The van der Waals surface area contributed by atoms with Crippen LogP contribution in [0, 0.1) is 5.82 Å².